The quantitative estimate of drug-likeness (QED) is 0.926. The summed E-state index contributed by atoms with van der Waals surface area (Å²) in [7, 11) is 0. The molecule has 1 aromatic carbocycles. The summed E-state index contributed by atoms with van der Waals surface area (Å²) < 4.78 is 11.2. The lowest BCUT2D eigenvalue weighted by Gasteiger charge is -2.25. The highest BCUT2D eigenvalue weighted by molar-refractivity contribution is 6.32. The Hall–Kier alpha value is -1.42. The minimum atomic E-state index is -0.775. The lowest BCUT2D eigenvalue weighted by atomic mass is 9.88. The molecule has 1 aromatic rings. The van der Waals surface area contributed by atoms with Crippen LogP contribution in [0.3, 0.4) is 0 Å². The minimum absolute atomic E-state index is 0.143. The second kappa shape index (κ2) is 4.30. The second-order valence-electron chi connectivity index (χ2n) is 5.24. The summed E-state index contributed by atoms with van der Waals surface area (Å²) in [5.41, 5.74) is 1.68. The van der Waals surface area contributed by atoms with Crippen molar-refractivity contribution in [3.8, 4) is 11.5 Å². The summed E-state index contributed by atoms with van der Waals surface area (Å²) in [4.78, 5) is 11.0. The van der Waals surface area contributed by atoms with Crippen molar-refractivity contribution in [2.45, 2.75) is 31.6 Å². The number of halogens is 1. The molecule has 1 aliphatic carbocycles. The molecule has 2 aliphatic rings. The minimum Gasteiger partial charge on any atom is -0.486 e. The molecular formula is C14H15ClO4. The topological polar surface area (TPSA) is 55.8 Å². The number of carboxylic acid groups (broad SMARTS) is 1. The fourth-order valence-electron chi connectivity index (χ4n) is 2.83. The van der Waals surface area contributed by atoms with E-state index >= 15 is 0 Å². The third kappa shape index (κ3) is 2.04. The molecule has 0 amide bonds. The Balaban J connectivity index is 2.08. The van der Waals surface area contributed by atoms with E-state index in [0.717, 1.165) is 24.0 Å². The van der Waals surface area contributed by atoms with E-state index < -0.39 is 5.97 Å². The number of hydrogen-bond acceptors (Lipinski definition) is 3. The van der Waals surface area contributed by atoms with E-state index in [1.54, 1.807) is 0 Å². The van der Waals surface area contributed by atoms with Gasteiger partial charge in [-0.15, -0.1) is 0 Å². The second-order valence-corrected chi connectivity index (χ2v) is 5.64. The SMILES string of the molecule is Cc1c(C2(CC(=O)O)CC2)cc(Cl)c2c1OCCO2. The van der Waals surface area contributed by atoms with Gasteiger partial charge in [0.25, 0.3) is 0 Å². The lowest BCUT2D eigenvalue weighted by Crippen LogP contribution is -2.20. The van der Waals surface area contributed by atoms with Crippen LogP contribution in [0.25, 0.3) is 0 Å². The first-order chi connectivity index (χ1) is 9.03. The number of hydrogen-bond donors (Lipinski definition) is 1. The third-order valence-electron chi connectivity index (χ3n) is 3.93. The van der Waals surface area contributed by atoms with Crippen molar-refractivity contribution in [1.82, 2.24) is 0 Å². The predicted molar refractivity (Wildman–Crippen MR) is 70.3 cm³/mol. The molecule has 3 rings (SSSR count). The van der Waals surface area contributed by atoms with E-state index in [4.69, 9.17) is 26.2 Å². The van der Waals surface area contributed by atoms with Crippen molar-refractivity contribution >= 4 is 17.6 Å². The van der Waals surface area contributed by atoms with Crippen LogP contribution in [0.5, 0.6) is 11.5 Å². The number of carbonyl (C=O) groups is 1. The standard InChI is InChI=1S/C14H15ClO4/c1-8-9(14(2-3-14)7-11(16)17)6-10(15)13-12(8)18-4-5-19-13/h6H,2-5,7H2,1H3,(H,16,17). The Morgan fingerprint density at radius 2 is 2.00 bits per heavy atom. The van der Waals surface area contributed by atoms with Crippen LogP contribution in [-0.4, -0.2) is 24.3 Å². The van der Waals surface area contributed by atoms with Crippen LogP contribution in [0.1, 0.15) is 30.4 Å². The van der Waals surface area contributed by atoms with Crippen LogP contribution in [0.2, 0.25) is 5.02 Å². The Bertz CT molecular complexity index is 549. The van der Waals surface area contributed by atoms with Gasteiger partial charge in [-0.05, 0) is 37.0 Å². The molecular weight excluding hydrogens is 268 g/mol. The van der Waals surface area contributed by atoms with Gasteiger partial charge in [0, 0.05) is 5.41 Å². The molecule has 0 atom stereocenters. The van der Waals surface area contributed by atoms with Gasteiger partial charge in [-0.2, -0.15) is 0 Å². The molecule has 1 heterocycles. The molecule has 0 bridgehead atoms. The van der Waals surface area contributed by atoms with E-state index in [-0.39, 0.29) is 11.8 Å². The molecule has 0 unspecified atom stereocenters. The van der Waals surface area contributed by atoms with E-state index in [9.17, 15) is 4.79 Å². The van der Waals surface area contributed by atoms with E-state index in [1.807, 2.05) is 13.0 Å². The number of carboxylic acids is 1. The zero-order valence-electron chi connectivity index (χ0n) is 10.7. The van der Waals surface area contributed by atoms with Gasteiger partial charge in [0.15, 0.2) is 11.5 Å². The largest absolute Gasteiger partial charge is 0.486 e. The van der Waals surface area contributed by atoms with Crippen LogP contribution in [0.4, 0.5) is 0 Å². The fourth-order valence-corrected chi connectivity index (χ4v) is 3.08. The third-order valence-corrected chi connectivity index (χ3v) is 4.21. The zero-order valence-corrected chi connectivity index (χ0v) is 11.4. The molecule has 19 heavy (non-hydrogen) atoms. The van der Waals surface area contributed by atoms with Crippen LogP contribution >= 0.6 is 11.6 Å². The first kappa shape index (κ1) is 12.6. The molecule has 1 aliphatic heterocycles. The average Bonchev–Trinajstić information content (AvgIpc) is 3.13. The molecule has 0 spiro atoms. The predicted octanol–water partition coefficient (Wildman–Crippen LogP) is 2.93. The van der Waals surface area contributed by atoms with Gasteiger partial charge in [0.2, 0.25) is 0 Å². The van der Waals surface area contributed by atoms with Crippen molar-refractivity contribution < 1.29 is 19.4 Å². The molecule has 1 saturated carbocycles. The van der Waals surface area contributed by atoms with Gasteiger partial charge in [0.1, 0.15) is 13.2 Å². The summed E-state index contributed by atoms with van der Waals surface area (Å²) in [5, 5.41) is 9.57. The van der Waals surface area contributed by atoms with Crippen molar-refractivity contribution in [1.29, 1.82) is 0 Å². The van der Waals surface area contributed by atoms with Crippen molar-refractivity contribution in [2.24, 2.45) is 0 Å². The van der Waals surface area contributed by atoms with Gasteiger partial charge in [-0.25, -0.2) is 0 Å². The molecule has 0 saturated heterocycles. The first-order valence-electron chi connectivity index (χ1n) is 6.34. The smallest absolute Gasteiger partial charge is 0.304 e. The Morgan fingerprint density at radius 3 is 2.58 bits per heavy atom. The average molecular weight is 283 g/mol. The van der Waals surface area contributed by atoms with Crippen molar-refractivity contribution in [3.05, 3.63) is 22.2 Å². The summed E-state index contributed by atoms with van der Waals surface area (Å²) >= 11 is 6.24. The van der Waals surface area contributed by atoms with E-state index in [0.29, 0.717) is 29.7 Å². The highest BCUT2D eigenvalue weighted by atomic mass is 35.5. The van der Waals surface area contributed by atoms with Gasteiger partial charge in [-0.1, -0.05) is 11.6 Å². The molecule has 0 radical (unpaired) electrons. The molecule has 102 valence electrons. The maximum absolute atomic E-state index is 11.0. The Labute approximate surface area is 116 Å². The number of ether oxygens (including phenoxy) is 2. The van der Waals surface area contributed by atoms with Gasteiger partial charge >= 0.3 is 5.97 Å². The summed E-state index contributed by atoms with van der Waals surface area (Å²) in [6, 6.07) is 1.85. The summed E-state index contributed by atoms with van der Waals surface area (Å²) in [5.74, 6) is 0.480. The molecule has 1 N–H and O–H groups in total. The summed E-state index contributed by atoms with van der Waals surface area (Å²) in [6.45, 7) is 2.94. The molecule has 4 nitrogen and oxygen atoms in total. The van der Waals surface area contributed by atoms with Gasteiger partial charge < -0.3 is 14.6 Å². The highest BCUT2D eigenvalue weighted by Gasteiger charge is 2.48. The van der Waals surface area contributed by atoms with Crippen LogP contribution in [-0.2, 0) is 10.2 Å². The normalized spacial score (nSPS) is 19.1. The molecule has 0 aromatic heterocycles. The Morgan fingerprint density at radius 1 is 1.37 bits per heavy atom. The summed E-state index contributed by atoms with van der Waals surface area (Å²) in [6.07, 6.45) is 1.91. The van der Waals surface area contributed by atoms with E-state index in [2.05, 4.69) is 0 Å². The number of rotatable bonds is 3. The van der Waals surface area contributed by atoms with Crippen LogP contribution in [0, 0.1) is 6.92 Å². The highest BCUT2D eigenvalue weighted by Crippen LogP contribution is 2.55. The maximum Gasteiger partial charge on any atom is 0.304 e. The van der Waals surface area contributed by atoms with E-state index in [1.165, 1.54) is 0 Å². The number of benzene rings is 1. The Kier molecular flexibility index (Phi) is 2.86. The lowest BCUT2D eigenvalue weighted by molar-refractivity contribution is -0.137. The number of fused-ring (bicyclic) bond motifs is 1. The monoisotopic (exact) mass is 282 g/mol. The van der Waals surface area contributed by atoms with Crippen molar-refractivity contribution in [2.75, 3.05) is 13.2 Å². The molecule has 1 fully saturated rings. The van der Waals surface area contributed by atoms with Crippen LogP contribution < -0.4 is 9.47 Å². The first-order valence-corrected chi connectivity index (χ1v) is 6.72. The van der Waals surface area contributed by atoms with Crippen molar-refractivity contribution in [3.63, 3.8) is 0 Å². The number of aliphatic carboxylic acids is 1. The van der Waals surface area contributed by atoms with Gasteiger partial charge in [-0.3, -0.25) is 4.79 Å². The maximum atomic E-state index is 11.0. The fraction of sp³-hybridized carbons (Fsp3) is 0.500. The molecule has 5 heteroatoms. The van der Waals surface area contributed by atoms with Gasteiger partial charge in [0.05, 0.1) is 11.4 Å². The van der Waals surface area contributed by atoms with Crippen LogP contribution in [0.15, 0.2) is 6.07 Å². The zero-order chi connectivity index (χ0) is 13.6.